The second-order valence-electron chi connectivity index (χ2n) is 4.38. The predicted molar refractivity (Wildman–Crippen MR) is 76.3 cm³/mol. The van der Waals surface area contributed by atoms with Crippen LogP contribution in [0.4, 0.5) is 5.69 Å². The highest BCUT2D eigenvalue weighted by Gasteiger charge is 2.22. The Labute approximate surface area is 122 Å². The van der Waals surface area contributed by atoms with Crippen molar-refractivity contribution in [3.63, 3.8) is 0 Å². The van der Waals surface area contributed by atoms with Gasteiger partial charge in [-0.05, 0) is 25.0 Å². The molecule has 1 N–H and O–H groups in total. The number of nitrogens with one attached hydrogen (secondary N) is 1. The van der Waals surface area contributed by atoms with E-state index in [0.29, 0.717) is 18.9 Å². The van der Waals surface area contributed by atoms with Crippen LogP contribution >= 0.6 is 11.6 Å². The molecule has 20 heavy (non-hydrogen) atoms. The minimum Gasteiger partial charge on any atom is -0.383 e. The third kappa shape index (κ3) is 4.47. The average Bonchev–Trinajstić information content (AvgIpc) is 2.38. The topological polar surface area (TPSA) is 81.5 Å². The Morgan fingerprint density at radius 2 is 2.25 bits per heavy atom. The number of nitrogens with zero attached hydrogens (tertiary/aromatic N) is 1. The van der Waals surface area contributed by atoms with E-state index >= 15 is 0 Å². The smallest absolute Gasteiger partial charge is 0.282 e. The zero-order chi connectivity index (χ0) is 15.1. The number of aryl methyl sites for hydroxylation is 1. The number of ether oxygens (including phenoxy) is 1. The van der Waals surface area contributed by atoms with E-state index in [9.17, 15) is 14.9 Å². The fraction of sp³-hybridized carbons (Fsp3) is 0.462. The molecule has 0 fully saturated rings. The van der Waals surface area contributed by atoms with E-state index in [0.717, 1.165) is 5.56 Å². The first-order chi connectivity index (χ1) is 9.49. The molecule has 0 saturated carbocycles. The summed E-state index contributed by atoms with van der Waals surface area (Å²) >= 11 is 5.65. The molecule has 0 saturated heterocycles. The molecule has 1 unspecified atom stereocenters. The normalized spacial score (nSPS) is 11.9. The highest BCUT2D eigenvalue weighted by Crippen LogP contribution is 2.20. The SMILES string of the molecule is COCC(CCCl)NC(=O)c1cc(C)ccc1[N+](=O)[O-]. The van der Waals surface area contributed by atoms with E-state index in [4.69, 9.17) is 16.3 Å². The standard InChI is InChI=1S/C13H17ClN2O4/c1-9-3-4-12(16(18)19)11(7-9)13(17)15-10(5-6-14)8-20-2/h3-4,7,10H,5-6,8H2,1-2H3,(H,15,17). The molecule has 1 atom stereocenters. The molecule has 6 nitrogen and oxygen atoms in total. The summed E-state index contributed by atoms with van der Waals surface area (Å²) in [5.74, 6) is -0.128. The number of benzene rings is 1. The van der Waals surface area contributed by atoms with Crippen LogP contribution in [0.1, 0.15) is 22.3 Å². The minimum atomic E-state index is -0.568. The summed E-state index contributed by atoms with van der Waals surface area (Å²) in [6, 6.07) is 4.15. The number of hydrogen-bond donors (Lipinski definition) is 1. The summed E-state index contributed by atoms with van der Waals surface area (Å²) in [6.45, 7) is 2.07. The first kappa shape index (κ1) is 16.4. The lowest BCUT2D eigenvalue weighted by molar-refractivity contribution is -0.385. The van der Waals surface area contributed by atoms with Crippen LogP contribution in [0.5, 0.6) is 0 Å². The number of carbonyl (C=O) groups excluding carboxylic acids is 1. The Hall–Kier alpha value is -1.66. The minimum absolute atomic E-state index is 0.0469. The summed E-state index contributed by atoms with van der Waals surface area (Å²) in [4.78, 5) is 22.6. The molecular weight excluding hydrogens is 284 g/mol. The third-order valence-electron chi connectivity index (χ3n) is 2.75. The van der Waals surface area contributed by atoms with Gasteiger partial charge in [-0.1, -0.05) is 6.07 Å². The molecule has 1 amide bonds. The molecule has 0 aromatic heterocycles. The quantitative estimate of drug-likeness (QED) is 0.476. The van der Waals surface area contributed by atoms with Crippen LogP contribution in [0.15, 0.2) is 18.2 Å². The highest BCUT2D eigenvalue weighted by molar-refractivity contribution is 6.17. The van der Waals surface area contributed by atoms with Gasteiger partial charge in [-0.3, -0.25) is 14.9 Å². The first-order valence-electron chi connectivity index (χ1n) is 6.10. The largest absolute Gasteiger partial charge is 0.383 e. The summed E-state index contributed by atoms with van der Waals surface area (Å²) in [7, 11) is 1.52. The number of nitro benzene ring substituents is 1. The lowest BCUT2D eigenvalue weighted by atomic mass is 10.1. The van der Waals surface area contributed by atoms with Crippen LogP contribution in [0.2, 0.25) is 0 Å². The van der Waals surface area contributed by atoms with Crippen LogP contribution in [-0.2, 0) is 4.74 Å². The van der Waals surface area contributed by atoms with Gasteiger partial charge in [0.25, 0.3) is 11.6 Å². The van der Waals surface area contributed by atoms with Crippen LogP contribution in [-0.4, -0.2) is 36.5 Å². The Kier molecular flexibility index (Phi) is 6.41. The predicted octanol–water partition coefficient (Wildman–Crippen LogP) is 2.28. The molecule has 7 heteroatoms. The van der Waals surface area contributed by atoms with Crippen LogP contribution in [0.3, 0.4) is 0 Å². The lowest BCUT2D eigenvalue weighted by Crippen LogP contribution is -2.38. The van der Waals surface area contributed by atoms with Crippen molar-refractivity contribution in [2.45, 2.75) is 19.4 Å². The van der Waals surface area contributed by atoms with E-state index < -0.39 is 10.8 Å². The van der Waals surface area contributed by atoms with Crippen LogP contribution in [0, 0.1) is 17.0 Å². The van der Waals surface area contributed by atoms with Gasteiger partial charge in [0, 0.05) is 19.1 Å². The van der Waals surface area contributed by atoms with Gasteiger partial charge in [0.15, 0.2) is 0 Å². The zero-order valence-electron chi connectivity index (χ0n) is 11.4. The third-order valence-corrected chi connectivity index (χ3v) is 2.97. The van der Waals surface area contributed by atoms with Gasteiger partial charge in [0.05, 0.1) is 17.6 Å². The van der Waals surface area contributed by atoms with Crippen molar-refractivity contribution in [2.75, 3.05) is 19.6 Å². The van der Waals surface area contributed by atoms with Crippen molar-refractivity contribution in [1.82, 2.24) is 5.32 Å². The fourth-order valence-corrected chi connectivity index (χ4v) is 2.05. The van der Waals surface area contributed by atoms with Gasteiger partial charge in [-0.2, -0.15) is 0 Å². The van der Waals surface area contributed by atoms with E-state index in [2.05, 4.69) is 5.32 Å². The number of halogens is 1. The highest BCUT2D eigenvalue weighted by atomic mass is 35.5. The second kappa shape index (κ2) is 7.81. The van der Waals surface area contributed by atoms with E-state index in [-0.39, 0.29) is 17.3 Å². The molecule has 0 aliphatic heterocycles. The molecule has 1 aromatic rings. The molecule has 1 rings (SSSR count). The van der Waals surface area contributed by atoms with Crippen molar-refractivity contribution in [3.05, 3.63) is 39.4 Å². The first-order valence-corrected chi connectivity index (χ1v) is 6.63. The summed E-state index contributed by atoms with van der Waals surface area (Å²) in [5, 5.41) is 13.7. The summed E-state index contributed by atoms with van der Waals surface area (Å²) < 4.78 is 4.99. The molecule has 0 radical (unpaired) electrons. The van der Waals surface area contributed by atoms with Gasteiger partial charge in [-0.25, -0.2) is 0 Å². The van der Waals surface area contributed by atoms with Crippen molar-refractivity contribution < 1.29 is 14.5 Å². The van der Waals surface area contributed by atoms with Gasteiger partial charge >= 0.3 is 0 Å². The van der Waals surface area contributed by atoms with Gasteiger partial charge < -0.3 is 10.1 Å². The zero-order valence-corrected chi connectivity index (χ0v) is 12.1. The summed E-state index contributed by atoms with van der Waals surface area (Å²) in [6.07, 6.45) is 0.529. The van der Waals surface area contributed by atoms with E-state index in [1.165, 1.54) is 19.2 Å². The molecule has 0 bridgehead atoms. The summed E-state index contributed by atoms with van der Waals surface area (Å²) in [5.41, 5.74) is 0.613. The molecule has 0 aliphatic carbocycles. The van der Waals surface area contributed by atoms with Gasteiger partial charge in [0.1, 0.15) is 5.56 Å². The molecule has 0 aliphatic rings. The van der Waals surface area contributed by atoms with Crippen LogP contribution in [0.25, 0.3) is 0 Å². The number of methoxy groups -OCH3 is 1. The molecule has 0 heterocycles. The molecular formula is C13H17ClN2O4. The van der Waals surface area contributed by atoms with Crippen molar-refractivity contribution in [2.24, 2.45) is 0 Å². The maximum Gasteiger partial charge on any atom is 0.282 e. The molecule has 110 valence electrons. The van der Waals surface area contributed by atoms with Gasteiger partial charge in [0.2, 0.25) is 0 Å². The fourth-order valence-electron chi connectivity index (χ4n) is 1.78. The monoisotopic (exact) mass is 300 g/mol. The van der Waals surface area contributed by atoms with Crippen molar-refractivity contribution in [1.29, 1.82) is 0 Å². The number of alkyl halides is 1. The Bertz CT molecular complexity index is 487. The van der Waals surface area contributed by atoms with E-state index in [1.807, 2.05) is 0 Å². The van der Waals surface area contributed by atoms with Crippen molar-refractivity contribution >= 4 is 23.2 Å². The number of amides is 1. The Morgan fingerprint density at radius 3 is 2.80 bits per heavy atom. The van der Waals surface area contributed by atoms with Crippen molar-refractivity contribution in [3.8, 4) is 0 Å². The number of rotatable bonds is 7. The van der Waals surface area contributed by atoms with Gasteiger partial charge in [-0.15, -0.1) is 11.6 Å². The number of carbonyl (C=O) groups is 1. The second-order valence-corrected chi connectivity index (χ2v) is 4.76. The average molecular weight is 301 g/mol. The Morgan fingerprint density at radius 1 is 1.55 bits per heavy atom. The van der Waals surface area contributed by atoms with Crippen LogP contribution < -0.4 is 5.32 Å². The maximum absolute atomic E-state index is 12.2. The van der Waals surface area contributed by atoms with E-state index in [1.54, 1.807) is 13.0 Å². The maximum atomic E-state index is 12.2. The molecule has 0 spiro atoms. The Balaban J connectivity index is 2.95. The molecule has 1 aromatic carbocycles. The number of hydrogen-bond acceptors (Lipinski definition) is 4. The lowest BCUT2D eigenvalue weighted by Gasteiger charge is -2.16. The number of nitro groups is 1.